The van der Waals surface area contributed by atoms with Crippen LogP contribution in [0.1, 0.15) is 21.6 Å². The van der Waals surface area contributed by atoms with Crippen LogP contribution in [0.15, 0.2) is 42.5 Å². The second-order valence-electron chi connectivity index (χ2n) is 6.22. The number of benzene rings is 2. The standard InChI is InChI=1S/C20H23N5O3/c1-13-6-4-5-7-15(13)25-19(21)18(23-24-25)20(26)22-11-10-14-8-9-16(27-2)17(12-14)28-3/h4-9,12H,10-11,21H2,1-3H3,(H,22,26). The maximum atomic E-state index is 12.5. The van der Waals surface area contributed by atoms with E-state index in [-0.39, 0.29) is 17.4 Å². The van der Waals surface area contributed by atoms with Crippen LogP contribution >= 0.6 is 0 Å². The molecule has 0 fully saturated rings. The molecule has 28 heavy (non-hydrogen) atoms. The summed E-state index contributed by atoms with van der Waals surface area (Å²) in [5.41, 5.74) is 8.99. The Hall–Kier alpha value is -3.55. The van der Waals surface area contributed by atoms with Gasteiger partial charge in [0.05, 0.1) is 19.9 Å². The van der Waals surface area contributed by atoms with Gasteiger partial charge in [0.1, 0.15) is 0 Å². The molecule has 0 aliphatic rings. The predicted octanol–water partition coefficient (Wildman–Crippen LogP) is 2.15. The highest BCUT2D eigenvalue weighted by molar-refractivity contribution is 5.96. The van der Waals surface area contributed by atoms with E-state index in [0.29, 0.717) is 24.5 Å². The SMILES string of the molecule is COc1ccc(CCNC(=O)c2nnn(-c3ccccc3C)c2N)cc1OC. The van der Waals surface area contributed by atoms with Crippen molar-refractivity contribution >= 4 is 11.7 Å². The molecule has 0 unspecified atom stereocenters. The molecule has 8 nitrogen and oxygen atoms in total. The summed E-state index contributed by atoms with van der Waals surface area (Å²) in [4.78, 5) is 12.5. The molecule has 1 heterocycles. The van der Waals surface area contributed by atoms with Crippen molar-refractivity contribution in [3.63, 3.8) is 0 Å². The molecule has 146 valence electrons. The Labute approximate surface area is 163 Å². The Morgan fingerprint density at radius 2 is 1.89 bits per heavy atom. The number of aryl methyl sites for hydroxylation is 1. The van der Waals surface area contributed by atoms with Gasteiger partial charge < -0.3 is 20.5 Å². The molecule has 0 saturated heterocycles. The van der Waals surface area contributed by atoms with E-state index in [2.05, 4.69) is 15.6 Å². The summed E-state index contributed by atoms with van der Waals surface area (Å²) in [6.45, 7) is 2.37. The molecule has 3 aromatic rings. The van der Waals surface area contributed by atoms with Crippen LogP contribution in [0.2, 0.25) is 0 Å². The average Bonchev–Trinajstić information content (AvgIpc) is 3.09. The van der Waals surface area contributed by atoms with E-state index in [1.807, 2.05) is 49.4 Å². The van der Waals surface area contributed by atoms with Gasteiger partial charge in [0.25, 0.3) is 5.91 Å². The number of nitrogens with one attached hydrogen (secondary N) is 1. The number of anilines is 1. The van der Waals surface area contributed by atoms with Crippen LogP contribution in [-0.2, 0) is 6.42 Å². The fourth-order valence-corrected chi connectivity index (χ4v) is 2.87. The first-order valence-corrected chi connectivity index (χ1v) is 8.81. The number of rotatable bonds is 7. The van der Waals surface area contributed by atoms with Gasteiger partial charge in [-0.3, -0.25) is 4.79 Å². The zero-order valence-corrected chi connectivity index (χ0v) is 16.1. The van der Waals surface area contributed by atoms with E-state index < -0.39 is 0 Å². The zero-order valence-electron chi connectivity index (χ0n) is 16.1. The number of nitrogen functional groups attached to an aromatic ring is 1. The number of carbonyl (C=O) groups is 1. The second-order valence-corrected chi connectivity index (χ2v) is 6.22. The van der Waals surface area contributed by atoms with Crippen LogP contribution in [0.3, 0.4) is 0 Å². The minimum atomic E-state index is -0.363. The third kappa shape index (κ3) is 3.90. The molecular weight excluding hydrogens is 358 g/mol. The Bertz CT molecular complexity index is 984. The summed E-state index contributed by atoms with van der Waals surface area (Å²) >= 11 is 0. The van der Waals surface area contributed by atoms with Gasteiger partial charge in [0, 0.05) is 6.54 Å². The van der Waals surface area contributed by atoms with E-state index in [0.717, 1.165) is 16.8 Å². The Morgan fingerprint density at radius 3 is 2.61 bits per heavy atom. The first kappa shape index (κ1) is 19.2. The molecule has 0 bridgehead atoms. The van der Waals surface area contributed by atoms with Gasteiger partial charge >= 0.3 is 0 Å². The Kier molecular flexibility index (Phi) is 5.78. The first-order valence-electron chi connectivity index (χ1n) is 8.81. The molecular formula is C20H23N5O3. The Balaban J connectivity index is 1.66. The van der Waals surface area contributed by atoms with Crippen LogP contribution in [0, 0.1) is 6.92 Å². The summed E-state index contributed by atoms with van der Waals surface area (Å²) in [5.74, 6) is 1.16. The minimum Gasteiger partial charge on any atom is -0.493 e. The van der Waals surface area contributed by atoms with Crippen molar-refractivity contribution in [1.29, 1.82) is 0 Å². The number of nitrogens with two attached hydrogens (primary N) is 1. The summed E-state index contributed by atoms with van der Waals surface area (Å²) < 4.78 is 12.0. The van der Waals surface area contributed by atoms with E-state index in [9.17, 15) is 4.79 Å². The molecule has 8 heteroatoms. The van der Waals surface area contributed by atoms with Crippen LogP contribution < -0.4 is 20.5 Å². The van der Waals surface area contributed by atoms with Crippen molar-refractivity contribution < 1.29 is 14.3 Å². The lowest BCUT2D eigenvalue weighted by atomic mass is 10.1. The molecule has 0 radical (unpaired) electrons. The summed E-state index contributed by atoms with van der Waals surface area (Å²) in [6.07, 6.45) is 0.623. The largest absolute Gasteiger partial charge is 0.493 e. The van der Waals surface area contributed by atoms with Crippen LogP contribution in [0.4, 0.5) is 5.82 Å². The van der Waals surface area contributed by atoms with Gasteiger partial charge in [0.2, 0.25) is 0 Å². The molecule has 3 rings (SSSR count). The molecule has 1 aromatic heterocycles. The normalized spacial score (nSPS) is 10.5. The molecule has 0 aliphatic carbocycles. The van der Waals surface area contributed by atoms with Crippen LogP contribution in [0.25, 0.3) is 5.69 Å². The lowest BCUT2D eigenvalue weighted by Gasteiger charge is -2.10. The number of methoxy groups -OCH3 is 2. The number of amides is 1. The van der Waals surface area contributed by atoms with Gasteiger partial charge in [-0.15, -0.1) is 5.10 Å². The summed E-state index contributed by atoms with van der Waals surface area (Å²) in [7, 11) is 3.18. The van der Waals surface area contributed by atoms with Crippen molar-refractivity contribution in [3.05, 3.63) is 59.3 Å². The maximum Gasteiger partial charge on any atom is 0.275 e. The van der Waals surface area contributed by atoms with Crippen molar-refractivity contribution in [2.75, 3.05) is 26.5 Å². The van der Waals surface area contributed by atoms with Crippen molar-refractivity contribution in [3.8, 4) is 17.2 Å². The summed E-state index contributed by atoms with van der Waals surface area (Å²) in [5, 5.41) is 10.8. The molecule has 0 saturated carbocycles. The lowest BCUT2D eigenvalue weighted by molar-refractivity contribution is 0.0950. The van der Waals surface area contributed by atoms with Gasteiger partial charge in [0.15, 0.2) is 23.0 Å². The maximum absolute atomic E-state index is 12.5. The lowest BCUT2D eigenvalue weighted by Crippen LogP contribution is -2.27. The number of hydrogen-bond acceptors (Lipinski definition) is 6. The number of carbonyl (C=O) groups excluding carboxylic acids is 1. The van der Waals surface area contributed by atoms with Gasteiger partial charge in [-0.25, -0.2) is 0 Å². The van der Waals surface area contributed by atoms with Crippen molar-refractivity contribution in [2.24, 2.45) is 0 Å². The highest BCUT2D eigenvalue weighted by Gasteiger charge is 2.18. The van der Waals surface area contributed by atoms with Crippen molar-refractivity contribution in [1.82, 2.24) is 20.3 Å². The van der Waals surface area contributed by atoms with E-state index in [1.165, 1.54) is 4.68 Å². The molecule has 1 amide bonds. The second kappa shape index (κ2) is 8.43. The number of aromatic nitrogens is 3. The minimum absolute atomic E-state index is 0.107. The average molecular weight is 381 g/mol. The third-order valence-corrected chi connectivity index (χ3v) is 4.41. The molecule has 0 aliphatic heterocycles. The Morgan fingerprint density at radius 1 is 1.14 bits per heavy atom. The zero-order chi connectivity index (χ0) is 20.1. The van der Waals surface area contributed by atoms with Gasteiger partial charge in [-0.2, -0.15) is 4.68 Å². The fraction of sp³-hybridized carbons (Fsp3) is 0.250. The van der Waals surface area contributed by atoms with E-state index >= 15 is 0 Å². The highest BCUT2D eigenvalue weighted by atomic mass is 16.5. The van der Waals surface area contributed by atoms with Gasteiger partial charge in [-0.05, 0) is 42.7 Å². The van der Waals surface area contributed by atoms with Crippen molar-refractivity contribution in [2.45, 2.75) is 13.3 Å². The van der Waals surface area contributed by atoms with E-state index in [4.69, 9.17) is 15.2 Å². The van der Waals surface area contributed by atoms with Crippen LogP contribution in [0.5, 0.6) is 11.5 Å². The molecule has 2 aromatic carbocycles. The monoisotopic (exact) mass is 381 g/mol. The number of para-hydroxylation sites is 1. The number of hydrogen-bond donors (Lipinski definition) is 2. The highest BCUT2D eigenvalue weighted by Crippen LogP contribution is 2.27. The molecule has 3 N–H and O–H groups in total. The smallest absolute Gasteiger partial charge is 0.275 e. The molecule has 0 spiro atoms. The third-order valence-electron chi connectivity index (χ3n) is 4.41. The van der Waals surface area contributed by atoms with Crippen LogP contribution in [-0.4, -0.2) is 41.7 Å². The number of nitrogens with zero attached hydrogens (tertiary/aromatic N) is 3. The predicted molar refractivity (Wildman–Crippen MR) is 106 cm³/mol. The first-order chi connectivity index (χ1) is 13.5. The fourth-order valence-electron chi connectivity index (χ4n) is 2.87. The topological polar surface area (TPSA) is 104 Å². The number of ether oxygens (including phenoxy) is 2. The quantitative estimate of drug-likeness (QED) is 0.650. The van der Waals surface area contributed by atoms with E-state index in [1.54, 1.807) is 14.2 Å². The van der Waals surface area contributed by atoms with Gasteiger partial charge in [-0.1, -0.05) is 29.5 Å². The summed E-state index contributed by atoms with van der Waals surface area (Å²) in [6, 6.07) is 13.3. The molecule has 0 atom stereocenters.